The van der Waals surface area contributed by atoms with Crippen LogP contribution in [-0.2, 0) is 16.1 Å². The smallest absolute Gasteiger partial charge is 0.268 e. The van der Waals surface area contributed by atoms with Crippen LogP contribution in [0, 0.1) is 0 Å². The molecule has 1 aliphatic heterocycles. The first-order chi connectivity index (χ1) is 18.1. The van der Waals surface area contributed by atoms with Crippen molar-refractivity contribution in [3.63, 3.8) is 0 Å². The largest absolute Gasteiger partial charge is 0.497 e. The van der Waals surface area contributed by atoms with Crippen LogP contribution in [-0.4, -0.2) is 42.6 Å². The molecule has 2 atom stereocenters. The molecule has 2 aliphatic rings. The lowest BCUT2D eigenvalue weighted by Gasteiger charge is -2.36. The molecule has 8 nitrogen and oxygen atoms in total. The van der Waals surface area contributed by atoms with E-state index in [1.807, 2.05) is 24.3 Å². The maximum absolute atomic E-state index is 14.0. The van der Waals surface area contributed by atoms with E-state index in [4.69, 9.17) is 18.6 Å². The molecule has 5 rings (SSSR count). The number of nitrogens with zero attached hydrogens (tertiary/aromatic N) is 1. The number of amides is 2. The van der Waals surface area contributed by atoms with Crippen molar-refractivity contribution in [2.24, 2.45) is 0 Å². The van der Waals surface area contributed by atoms with Crippen LogP contribution < -0.4 is 19.5 Å². The SMILES string of the molecule is COc1ccc(C(C(=O)NC2CCCCC2)N(Cc2ccco2)C(=O)C2COc3ccccc3O2)cc1. The molecule has 0 radical (unpaired) electrons. The van der Waals surface area contributed by atoms with Crippen LogP contribution in [0.3, 0.4) is 0 Å². The van der Waals surface area contributed by atoms with E-state index in [0.717, 1.165) is 25.7 Å². The lowest BCUT2D eigenvalue weighted by molar-refractivity contribution is -0.149. The maximum atomic E-state index is 14.0. The summed E-state index contributed by atoms with van der Waals surface area (Å²) in [6.07, 6.45) is 5.86. The first kappa shape index (κ1) is 24.7. The number of rotatable bonds is 8. The summed E-state index contributed by atoms with van der Waals surface area (Å²) in [4.78, 5) is 29.5. The Balaban J connectivity index is 1.48. The number of ether oxygens (including phenoxy) is 3. The van der Waals surface area contributed by atoms with Crippen LogP contribution in [0.25, 0.3) is 0 Å². The topological polar surface area (TPSA) is 90.2 Å². The Bertz CT molecular complexity index is 1190. The van der Waals surface area contributed by atoms with Gasteiger partial charge < -0.3 is 28.8 Å². The third-order valence-corrected chi connectivity index (χ3v) is 6.92. The second-order valence-corrected chi connectivity index (χ2v) is 9.43. The van der Waals surface area contributed by atoms with Gasteiger partial charge in [0.25, 0.3) is 5.91 Å². The number of benzene rings is 2. The summed E-state index contributed by atoms with van der Waals surface area (Å²) in [6, 6.07) is 17.2. The highest BCUT2D eigenvalue weighted by Crippen LogP contribution is 2.33. The minimum absolute atomic E-state index is 0.0457. The van der Waals surface area contributed by atoms with Crippen LogP contribution >= 0.6 is 0 Å². The van der Waals surface area contributed by atoms with E-state index in [2.05, 4.69) is 5.32 Å². The molecule has 1 aromatic heterocycles. The summed E-state index contributed by atoms with van der Waals surface area (Å²) < 4.78 is 22.8. The molecule has 1 saturated carbocycles. The Morgan fingerprint density at radius 1 is 1.00 bits per heavy atom. The Morgan fingerprint density at radius 2 is 1.76 bits per heavy atom. The minimum atomic E-state index is -0.909. The van der Waals surface area contributed by atoms with E-state index in [9.17, 15) is 9.59 Å². The number of hydrogen-bond acceptors (Lipinski definition) is 6. The summed E-state index contributed by atoms with van der Waals surface area (Å²) in [5.41, 5.74) is 0.672. The number of methoxy groups -OCH3 is 1. The molecule has 2 aromatic carbocycles. The lowest BCUT2D eigenvalue weighted by Crippen LogP contribution is -2.52. The molecule has 1 N–H and O–H groups in total. The molecule has 194 valence electrons. The fraction of sp³-hybridized carbons (Fsp3) is 0.379. The molecule has 2 heterocycles. The number of hydrogen-bond donors (Lipinski definition) is 1. The zero-order valence-corrected chi connectivity index (χ0v) is 20.9. The van der Waals surface area contributed by atoms with E-state index in [1.165, 1.54) is 11.3 Å². The molecule has 0 bridgehead atoms. The van der Waals surface area contributed by atoms with Gasteiger partial charge in [0.2, 0.25) is 12.0 Å². The van der Waals surface area contributed by atoms with Crippen molar-refractivity contribution in [1.82, 2.24) is 10.2 Å². The predicted molar refractivity (Wildman–Crippen MR) is 136 cm³/mol. The lowest BCUT2D eigenvalue weighted by atomic mass is 9.94. The van der Waals surface area contributed by atoms with Gasteiger partial charge in [-0.05, 0) is 54.8 Å². The number of nitrogens with one attached hydrogen (secondary N) is 1. The molecule has 8 heteroatoms. The van der Waals surface area contributed by atoms with Crippen LogP contribution in [0.2, 0.25) is 0 Å². The molecule has 37 heavy (non-hydrogen) atoms. The molecule has 0 saturated heterocycles. The van der Waals surface area contributed by atoms with Gasteiger partial charge in [-0.1, -0.05) is 43.5 Å². The first-order valence-electron chi connectivity index (χ1n) is 12.8. The highest BCUT2D eigenvalue weighted by atomic mass is 16.6. The van der Waals surface area contributed by atoms with E-state index in [-0.39, 0.29) is 31.0 Å². The Kier molecular flexibility index (Phi) is 7.63. The predicted octanol–water partition coefficient (Wildman–Crippen LogP) is 4.65. The average molecular weight is 505 g/mol. The van der Waals surface area contributed by atoms with Gasteiger partial charge in [0, 0.05) is 6.04 Å². The number of para-hydroxylation sites is 2. The molecule has 0 spiro atoms. The van der Waals surface area contributed by atoms with E-state index in [0.29, 0.717) is 28.6 Å². The second-order valence-electron chi connectivity index (χ2n) is 9.43. The minimum Gasteiger partial charge on any atom is -0.497 e. The van der Waals surface area contributed by atoms with Crippen LogP contribution in [0.15, 0.2) is 71.3 Å². The van der Waals surface area contributed by atoms with Crippen LogP contribution in [0.1, 0.15) is 49.5 Å². The number of furan rings is 1. The Labute approximate surface area is 216 Å². The molecule has 3 aromatic rings. The molecule has 1 fully saturated rings. The first-order valence-corrected chi connectivity index (χ1v) is 12.8. The third-order valence-electron chi connectivity index (χ3n) is 6.92. The van der Waals surface area contributed by atoms with Gasteiger partial charge in [-0.2, -0.15) is 0 Å². The highest BCUT2D eigenvalue weighted by Gasteiger charge is 2.39. The number of carbonyl (C=O) groups excluding carboxylic acids is 2. The molecule has 2 amide bonds. The van der Waals surface area contributed by atoms with Gasteiger partial charge in [-0.25, -0.2) is 0 Å². The molecular formula is C29H32N2O6. The molecule has 1 aliphatic carbocycles. The van der Waals surface area contributed by atoms with E-state index in [1.54, 1.807) is 49.8 Å². The van der Waals surface area contributed by atoms with Gasteiger partial charge in [0.05, 0.1) is 19.9 Å². The zero-order valence-electron chi connectivity index (χ0n) is 20.9. The van der Waals surface area contributed by atoms with Gasteiger partial charge in [-0.3, -0.25) is 9.59 Å². The fourth-order valence-electron chi connectivity index (χ4n) is 4.98. The molecular weight excluding hydrogens is 472 g/mol. The van der Waals surface area contributed by atoms with Gasteiger partial charge in [0.15, 0.2) is 11.5 Å². The Morgan fingerprint density at radius 3 is 2.46 bits per heavy atom. The fourth-order valence-corrected chi connectivity index (χ4v) is 4.98. The summed E-state index contributed by atoms with van der Waals surface area (Å²) in [5.74, 6) is 1.73. The van der Waals surface area contributed by atoms with Gasteiger partial charge in [-0.15, -0.1) is 0 Å². The summed E-state index contributed by atoms with van der Waals surface area (Å²) in [6.45, 7) is 0.145. The van der Waals surface area contributed by atoms with Crippen LogP contribution in [0.4, 0.5) is 0 Å². The number of fused-ring (bicyclic) bond motifs is 1. The van der Waals surface area contributed by atoms with E-state index >= 15 is 0 Å². The maximum Gasteiger partial charge on any atom is 0.268 e. The highest BCUT2D eigenvalue weighted by molar-refractivity contribution is 5.91. The summed E-state index contributed by atoms with van der Waals surface area (Å²) in [7, 11) is 1.59. The monoisotopic (exact) mass is 504 g/mol. The quantitative estimate of drug-likeness (QED) is 0.480. The van der Waals surface area contributed by atoms with Crippen molar-refractivity contribution in [3.05, 3.63) is 78.3 Å². The van der Waals surface area contributed by atoms with Crippen molar-refractivity contribution in [3.8, 4) is 17.2 Å². The average Bonchev–Trinajstić information content (AvgIpc) is 3.46. The Hall–Kier alpha value is -3.94. The summed E-state index contributed by atoms with van der Waals surface area (Å²) >= 11 is 0. The zero-order chi connectivity index (χ0) is 25.6. The van der Waals surface area contributed by atoms with Crippen molar-refractivity contribution >= 4 is 11.8 Å². The van der Waals surface area contributed by atoms with Gasteiger partial charge >= 0.3 is 0 Å². The summed E-state index contributed by atoms with van der Waals surface area (Å²) in [5, 5.41) is 3.21. The molecule has 2 unspecified atom stereocenters. The van der Waals surface area contributed by atoms with Crippen molar-refractivity contribution in [1.29, 1.82) is 0 Å². The standard InChI is InChI=1S/C29H32N2O6/c1-34-22-15-13-20(14-16-22)27(28(32)30-21-8-3-2-4-9-21)31(18-23-10-7-17-35-23)29(33)26-19-36-24-11-5-6-12-25(24)37-26/h5-7,10-17,21,26-27H,2-4,8-9,18-19H2,1H3,(H,30,32). The number of carbonyl (C=O) groups is 2. The van der Waals surface area contributed by atoms with Crippen LogP contribution in [0.5, 0.6) is 17.2 Å². The second kappa shape index (κ2) is 11.4. The van der Waals surface area contributed by atoms with Gasteiger partial charge in [0.1, 0.15) is 24.2 Å². The van der Waals surface area contributed by atoms with Crippen molar-refractivity contribution < 1.29 is 28.2 Å². The third kappa shape index (κ3) is 5.74. The van der Waals surface area contributed by atoms with Crippen molar-refractivity contribution in [2.45, 2.75) is 56.8 Å². The normalized spacial score (nSPS) is 18.0. The van der Waals surface area contributed by atoms with Crippen molar-refractivity contribution in [2.75, 3.05) is 13.7 Å². The van der Waals surface area contributed by atoms with E-state index < -0.39 is 12.1 Å².